The molecule has 0 aliphatic carbocycles. The lowest BCUT2D eigenvalue weighted by atomic mass is 10.1. The predicted molar refractivity (Wildman–Crippen MR) is 146 cm³/mol. The van der Waals surface area contributed by atoms with Crippen molar-refractivity contribution in [2.75, 3.05) is 11.5 Å². The van der Waals surface area contributed by atoms with Crippen molar-refractivity contribution in [2.24, 2.45) is 0 Å². The summed E-state index contributed by atoms with van der Waals surface area (Å²) in [7, 11) is 0. The molecule has 0 spiro atoms. The van der Waals surface area contributed by atoms with Gasteiger partial charge < -0.3 is 9.47 Å². The van der Waals surface area contributed by atoms with Gasteiger partial charge in [0.2, 0.25) is 0 Å². The predicted octanol–water partition coefficient (Wildman–Crippen LogP) is 6.59. The van der Waals surface area contributed by atoms with Crippen LogP contribution in [0.25, 0.3) is 6.08 Å². The van der Waals surface area contributed by atoms with E-state index in [0.29, 0.717) is 17.7 Å². The smallest absolute Gasteiger partial charge is 0.270 e. The summed E-state index contributed by atoms with van der Waals surface area (Å²) in [5.74, 6) is -1.25. The van der Waals surface area contributed by atoms with Crippen molar-refractivity contribution in [1.82, 2.24) is 5.32 Å². The minimum Gasteiger partial charge on any atom is -0.490 e. The molecule has 0 atom stereocenters. The van der Waals surface area contributed by atoms with Crippen LogP contribution in [0.4, 0.5) is 10.1 Å². The zero-order chi connectivity index (χ0) is 26.7. The van der Waals surface area contributed by atoms with Gasteiger partial charge in [-0.2, -0.15) is 0 Å². The first kappa shape index (κ1) is 26.9. The summed E-state index contributed by atoms with van der Waals surface area (Å²) >= 11 is 24.1. The number of carbonyl (C=O) groups is 2. The van der Waals surface area contributed by atoms with Crippen LogP contribution in [0.15, 0.2) is 60.2 Å². The number of ether oxygens (including phenoxy) is 2. The zero-order valence-electron chi connectivity index (χ0n) is 19.2. The van der Waals surface area contributed by atoms with Gasteiger partial charge in [-0.1, -0.05) is 53.0 Å². The van der Waals surface area contributed by atoms with Gasteiger partial charge in [-0.15, -0.1) is 0 Å². The number of carbonyl (C=O) groups excluding carboxylic acids is 2. The highest BCUT2D eigenvalue weighted by Crippen LogP contribution is 2.39. The molecule has 1 heterocycles. The van der Waals surface area contributed by atoms with Crippen LogP contribution in [0, 0.1) is 5.82 Å². The molecule has 0 aromatic heterocycles. The van der Waals surface area contributed by atoms with Crippen LogP contribution in [0.1, 0.15) is 18.1 Å². The van der Waals surface area contributed by atoms with E-state index in [2.05, 4.69) is 5.32 Å². The fourth-order valence-electron chi connectivity index (χ4n) is 3.56. The standard InChI is InChI=1S/C26H18Cl3FN2O4S/c1-2-35-21-12-15(11-19(28)23(21)36-13-14-5-3-6-16(30)9-14)10-17-24(33)31-26(37)32(25(17)34)20-8-4-7-18(27)22(20)29/h3-12H,2,13H2,1H3,(H,31,33,37)/b17-10+. The molecule has 6 nitrogen and oxygen atoms in total. The fraction of sp³-hybridized carbons (Fsp3) is 0.115. The summed E-state index contributed by atoms with van der Waals surface area (Å²) in [6.45, 7) is 2.12. The molecule has 11 heteroatoms. The molecule has 0 bridgehead atoms. The third-order valence-corrected chi connectivity index (χ3v) is 6.56. The molecule has 3 aromatic rings. The van der Waals surface area contributed by atoms with Crippen molar-refractivity contribution in [3.05, 3.63) is 92.2 Å². The maximum Gasteiger partial charge on any atom is 0.270 e. The van der Waals surface area contributed by atoms with Gasteiger partial charge in [0.15, 0.2) is 16.6 Å². The van der Waals surface area contributed by atoms with Gasteiger partial charge in [0.05, 0.1) is 27.4 Å². The lowest BCUT2D eigenvalue weighted by Gasteiger charge is -2.29. The summed E-state index contributed by atoms with van der Waals surface area (Å²) < 4.78 is 25.0. The SMILES string of the molecule is CCOc1cc(/C=C2\C(=O)NC(=S)N(c3cccc(Cl)c3Cl)C2=O)cc(Cl)c1OCc1cccc(F)c1. The van der Waals surface area contributed by atoms with Crippen molar-refractivity contribution in [3.63, 3.8) is 0 Å². The lowest BCUT2D eigenvalue weighted by Crippen LogP contribution is -2.54. The Morgan fingerprint density at radius 2 is 1.78 bits per heavy atom. The molecular formula is C26H18Cl3FN2O4S. The number of rotatable bonds is 7. The minimum atomic E-state index is -0.696. The highest BCUT2D eigenvalue weighted by Gasteiger charge is 2.35. The quantitative estimate of drug-likeness (QED) is 0.194. The number of hydrogen-bond donors (Lipinski definition) is 1. The number of amides is 2. The molecule has 1 aliphatic heterocycles. The first-order chi connectivity index (χ1) is 17.7. The van der Waals surface area contributed by atoms with E-state index in [0.717, 1.165) is 4.90 Å². The zero-order valence-corrected chi connectivity index (χ0v) is 22.3. The van der Waals surface area contributed by atoms with Crippen LogP contribution < -0.4 is 19.7 Å². The molecule has 1 fully saturated rings. The highest BCUT2D eigenvalue weighted by atomic mass is 35.5. The van der Waals surface area contributed by atoms with Gasteiger partial charge >= 0.3 is 0 Å². The Kier molecular flexibility index (Phi) is 8.34. The summed E-state index contributed by atoms with van der Waals surface area (Å²) in [4.78, 5) is 27.2. The van der Waals surface area contributed by atoms with E-state index in [4.69, 9.17) is 56.5 Å². The van der Waals surface area contributed by atoms with Gasteiger partial charge in [-0.3, -0.25) is 19.8 Å². The fourth-order valence-corrected chi connectivity index (χ4v) is 4.49. The number of anilines is 1. The topological polar surface area (TPSA) is 67.9 Å². The van der Waals surface area contributed by atoms with Gasteiger partial charge in [-0.05, 0) is 72.7 Å². The van der Waals surface area contributed by atoms with E-state index in [1.807, 2.05) is 0 Å². The van der Waals surface area contributed by atoms with Crippen molar-refractivity contribution in [3.8, 4) is 11.5 Å². The summed E-state index contributed by atoms with van der Waals surface area (Å²) in [6.07, 6.45) is 1.36. The summed E-state index contributed by atoms with van der Waals surface area (Å²) in [5, 5.41) is 2.86. The molecule has 0 saturated carbocycles. The third-order valence-electron chi connectivity index (χ3n) is 5.19. The van der Waals surface area contributed by atoms with Crippen molar-refractivity contribution in [2.45, 2.75) is 13.5 Å². The number of halogens is 4. The van der Waals surface area contributed by atoms with E-state index >= 15 is 0 Å². The van der Waals surface area contributed by atoms with E-state index < -0.39 is 11.8 Å². The number of nitrogens with zero attached hydrogens (tertiary/aromatic N) is 1. The maximum atomic E-state index is 13.5. The van der Waals surface area contributed by atoms with Crippen LogP contribution in [-0.2, 0) is 16.2 Å². The van der Waals surface area contributed by atoms with E-state index in [-0.39, 0.29) is 55.4 Å². The average Bonchev–Trinajstić information content (AvgIpc) is 2.84. The van der Waals surface area contributed by atoms with E-state index in [9.17, 15) is 14.0 Å². The Labute approximate surface area is 232 Å². The Morgan fingerprint density at radius 1 is 1.03 bits per heavy atom. The van der Waals surface area contributed by atoms with E-state index in [1.165, 1.54) is 24.3 Å². The Balaban J connectivity index is 1.68. The minimum absolute atomic E-state index is 0.0473. The monoisotopic (exact) mass is 578 g/mol. The average molecular weight is 580 g/mol. The number of thiocarbonyl (C=S) groups is 1. The molecule has 190 valence electrons. The molecular weight excluding hydrogens is 562 g/mol. The molecule has 2 amide bonds. The lowest BCUT2D eigenvalue weighted by molar-refractivity contribution is -0.122. The number of benzene rings is 3. The van der Waals surface area contributed by atoms with Gasteiger partial charge in [-0.25, -0.2) is 4.39 Å². The maximum absolute atomic E-state index is 13.5. The summed E-state index contributed by atoms with van der Waals surface area (Å²) in [6, 6.07) is 13.8. The first-order valence-corrected chi connectivity index (χ1v) is 12.4. The highest BCUT2D eigenvalue weighted by molar-refractivity contribution is 7.80. The van der Waals surface area contributed by atoms with Crippen LogP contribution in [-0.4, -0.2) is 23.5 Å². The second kappa shape index (κ2) is 11.5. The summed E-state index contributed by atoms with van der Waals surface area (Å²) in [5.41, 5.74) is 1.01. The van der Waals surface area contributed by atoms with Crippen LogP contribution in [0.5, 0.6) is 11.5 Å². The Bertz CT molecular complexity index is 1450. The Morgan fingerprint density at radius 3 is 2.51 bits per heavy atom. The molecule has 0 radical (unpaired) electrons. The molecule has 1 N–H and O–H groups in total. The molecule has 3 aromatic carbocycles. The number of hydrogen-bond acceptors (Lipinski definition) is 5. The molecule has 1 aliphatic rings. The molecule has 37 heavy (non-hydrogen) atoms. The van der Waals surface area contributed by atoms with Crippen LogP contribution in [0.3, 0.4) is 0 Å². The third kappa shape index (κ3) is 5.88. The normalized spacial score (nSPS) is 14.7. The number of nitrogens with one attached hydrogen (secondary N) is 1. The Hall–Kier alpha value is -3.17. The van der Waals surface area contributed by atoms with Crippen LogP contribution >= 0.6 is 47.0 Å². The van der Waals surface area contributed by atoms with Crippen molar-refractivity contribution >= 4 is 75.7 Å². The molecule has 1 saturated heterocycles. The van der Waals surface area contributed by atoms with Gasteiger partial charge in [0.1, 0.15) is 18.0 Å². The van der Waals surface area contributed by atoms with Gasteiger partial charge in [0, 0.05) is 0 Å². The molecule has 4 rings (SSSR count). The second-order valence-corrected chi connectivity index (χ2v) is 9.29. The van der Waals surface area contributed by atoms with Crippen LogP contribution in [0.2, 0.25) is 15.1 Å². The molecule has 0 unspecified atom stereocenters. The van der Waals surface area contributed by atoms with Crippen molar-refractivity contribution < 1.29 is 23.5 Å². The second-order valence-electron chi connectivity index (χ2n) is 7.71. The van der Waals surface area contributed by atoms with E-state index in [1.54, 1.807) is 43.3 Å². The first-order valence-electron chi connectivity index (χ1n) is 10.9. The largest absolute Gasteiger partial charge is 0.490 e. The van der Waals surface area contributed by atoms with Crippen molar-refractivity contribution in [1.29, 1.82) is 0 Å². The van der Waals surface area contributed by atoms with Gasteiger partial charge in [0.25, 0.3) is 11.8 Å².